The van der Waals surface area contributed by atoms with E-state index in [1.165, 1.54) is 78.9 Å². The summed E-state index contributed by atoms with van der Waals surface area (Å²) in [5, 5.41) is 0. The molecule has 15 heteroatoms. The summed E-state index contributed by atoms with van der Waals surface area (Å²) in [4.78, 5) is 38.1. The topological polar surface area (TPSA) is 132 Å². The molecule has 10 nitrogen and oxygen atoms in total. The number of ether oxygens (including phenoxy) is 4. The van der Waals surface area contributed by atoms with Gasteiger partial charge < -0.3 is 18.9 Å². The van der Waals surface area contributed by atoms with Crippen molar-refractivity contribution in [3.8, 4) is 0 Å². The Morgan fingerprint density at radius 2 is 1.12 bits per heavy atom. The summed E-state index contributed by atoms with van der Waals surface area (Å²) in [7, 11) is -6.44. The Kier molecular flexibility index (Phi) is 9.78. The largest absolute Gasteiger partial charge is 0.523 e. The third kappa shape index (κ3) is 7.74. The lowest BCUT2D eigenvalue weighted by molar-refractivity contribution is -0.265. The Morgan fingerprint density at radius 3 is 1.56 bits per heavy atom. The Bertz CT molecular complexity index is 1520. The van der Waals surface area contributed by atoms with Crippen molar-refractivity contribution in [2.45, 2.75) is 36.3 Å². The van der Waals surface area contributed by atoms with Crippen LogP contribution in [0.1, 0.15) is 31.1 Å². The monoisotopic (exact) mass is 626 g/mol. The van der Waals surface area contributed by atoms with E-state index >= 15 is 4.39 Å². The van der Waals surface area contributed by atoms with Gasteiger partial charge in [-0.25, -0.2) is 23.0 Å². The van der Waals surface area contributed by atoms with Crippen molar-refractivity contribution in [3.05, 3.63) is 108 Å². The highest BCUT2D eigenvalue weighted by atomic mass is 32.2. The standard InChI is InChI=1S/C28H22F4O10S/c29-21-20(16-38-24(33)17-10-4-1-5-11-17)39-27(42-43(36,37)28(30,31)32)23(41-26(35)19-14-8-3-9-15-19)22(21)40-25(34)18-12-6-2-7-13-18/h1-15,20-23,27H,16H2/t20-,21-,22+,23-,27-/m1/s1. The number of benzene rings is 3. The van der Waals surface area contributed by atoms with E-state index < -0.39 is 70.9 Å². The normalized spacial score (nSPS) is 22.3. The van der Waals surface area contributed by atoms with Gasteiger partial charge in [-0.1, -0.05) is 54.6 Å². The number of carbonyl (C=O) groups excluding carboxylic acids is 3. The molecule has 3 aromatic rings. The molecule has 4 rings (SSSR count). The highest BCUT2D eigenvalue weighted by Gasteiger charge is 2.57. The molecule has 0 aliphatic carbocycles. The third-order valence-electron chi connectivity index (χ3n) is 5.97. The molecule has 0 N–H and O–H groups in total. The van der Waals surface area contributed by atoms with E-state index in [9.17, 15) is 36.0 Å². The SMILES string of the molecule is O=C(OC[C@H]1O[C@H](OS(=O)(=O)C(F)(F)F)[C@H](OC(=O)c2ccccc2)[C@@H](OC(=O)c2ccccc2)[C@@H]1F)c1ccccc1. The summed E-state index contributed by atoms with van der Waals surface area (Å²) in [6, 6.07) is 21.2. The second-order valence-electron chi connectivity index (χ2n) is 8.92. The van der Waals surface area contributed by atoms with Crippen molar-refractivity contribution in [2.75, 3.05) is 6.61 Å². The molecule has 0 aromatic heterocycles. The molecule has 0 amide bonds. The van der Waals surface area contributed by atoms with E-state index in [1.54, 1.807) is 12.1 Å². The number of carbonyl (C=O) groups is 3. The zero-order valence-electron chi connectivity index (χ0n) is 21.8. The molecular weight excluding hydrogens is 604 g/mol. The Morgan fingerprint density at radius 1 is 0.698 bits per heavy atom. The van der Waals surface area contributed by atoms with Gasteiger partial charge in [-0.05, 0) is 36.4 Å². The molecule has 1 fully saturated rings. The number of esters is 3. The lowest BCUT2D eigenvalue weighted by atomic mass is 9.99. The number of hydrogen-bond acceptors (Lipinski definition) is 10. The summed E-state index contributed by atoms with van der Waals surface area (Å²) in [5.74, 6) is -3.44. The summed E-state index contributed by atoms with van der Waals surface area (Å²) >= 11 is 0. The minimum Gasteiger partial charge on any atom is -0.459 e. The van der Waals surface area contributed by atoms with Gasteiger partial charge in [-0.15, -0.1) is 0 Å². The fourth-order valence-electron chi connectivity index (χ4n) is 3.86. The first-order valence-electron chi connectivity index (χ1n) is 12.4. The van der Waals surface area contributed by atoms with Crippen LogP contribution in [0.25, 0.3) is 0 Å². The fourth-order valence-corrected chi connectivity index (χ4v) is 4.38. The van der Waals surface area contributed by atoms with Crippen molar-refractivity contribution in [1.82, 2.24) is 0 Å². The zero-order valence-corrected chi connectivity index (χ0v) is 22.6. The van der Waals surface area contributed by atoms with Crippen molar-refractivity contribution < 1.29 is 63.5 Å². The zero-order chi connectivity index (χ0) is 31.2. The van der Waals surface area contributed by atoms with Crippen molar-refractivity contribution >= 4 is 28.0 Å². The first kappa shape index (κ1) is 31.6. The van der Waals surface area contributed by atoms with Crippen LogP contribution in [-0.4, -0.2) is 69.2 Å². The second kappa shape index (κ2) is 13.3. The lowest BCUT2D eigenvalue weighted by Gasteiger charge is -2.41. The van der Waals surface area contributed by atoms with Crippen molar-refractivity contribution in [3.63, 3.8) is 0 Å². The van der Waals surface area contributed by atoms with Gasteiger partial charge in [0.05, 0.1) is 16.7 Å². The molecular formula is C28H22F4O10S. The summed E-state index contributed by atoms with van der Waals surface area (Å²) in [6.45, 7) is -0.987. The average molecular weight is 627 g/mol. The van der Waals surface area contributed by atoms with Crippen LogP contribution in [0.4, 0.5) is 17.6 Å². The Labute approximate surface area is 242 Å². The molecule has 1 saturated heterocycles. The molecule has 1 aliphatic heterocycles. The van der Waals surface area contributed by atoms with Gasteiger partial charge in [0, 0.05) is 0 Å². The predicted molar refractivity (Wildman–Crippen MR) is 138 cm³/mol. The van der Waals surface area contributed by atoms with Crippen molar-refractivity contribution in [2.24, 2.45) is 0 Å². The van der Waals surface area contributed by atoms with E-state index in [4.69, 9.17) is 18.9 Å². The van der Waals surface area contributed by atoms with Crippen LogP contribution < -0.4 is 0 Å². The van der Waals surface area contributed by atoms with Crippen LogP contribution in [0.15, 0.2) is 91.0 Å². The maximum Gasteiger partial charge on any atom is 0.523 e. The molecule has 1 heterocycles. The number of halogens is 4. The molecule has 0 saturated carbocycles. The third-order valence-corrected chi connectivity index (χ3v) is 6.98. The summed E-state index contributed by atoms with van der Waals surface area (Å²) in [5.41, 5.74) is -6.23. The van der Waals surface area contributed by atoms with E-state index in [0.29, 0.717) is 0 Å². The Hall–Kier alpha value is -4.34. The molecule has 5 atom stereocenters. The Balaban J connectivity index is 1.69. The van der Waals surface area contributed by atoms with Crippen LogP contribution >= 0.6 is 0 Å². The molecule has 228 valence electrons. The lowest BCUT2D eigenvalue weighted by Crippen LogP contribution is -2.61. The van der Waals surface area contributed by atoms with Crippen LogP contribution in [0.2, 0.25) is 0 Å². The number of alkyl halides is 4. The maximum absolute atomic E-state index is 16.0. The van der Waals surface area contributed by atoms with Gasteiger partial charge in [0.25, 0.3) is 0 Å². The molecule has 43 heavy (non-hydrogen) atoms. The van der Waals surface area contributed by atoms with Crippen LogP contribution in [0, 0.1) is 0 Å². The van der Waals surface area contributed by atoms with Gasteiger partial charge in [-0.2, -0.15) is 21.6 Å². The smallest absolute Gasteiger partial charge is 0.459 e. The quantitative estimate of drug-likeness (QED) is 0.112. The second-order valence-corrected chi connectivity index (χ2v) is 10.5. The van der Waals surface area contributed by atoms with Gasteiger partial charge in [0.1, 0.15) is 12.7 Å². The van der Waals surface area contributed by atoms with E-state index in [-0.39, 0.29) is 16.7 Å². The number of rotatable bonds is 9. The van der Waals surface area contributed by atoms with Crippen LogP contribution in [0.3, 0.4) is 0 Å². The molecule has 0 spiro atoms. The minimum absolute atomic E-state index is 0.0305. The fraction of sp³-hybridized carbons (Fsp3) is 0.250. The van der Waals surface area contributed by atoms with E-state index in [1.807, 2.05) is 0 Å². The highest BCUT2D eigenvalue weighted by molar-refractivity contribution is 7.87. The van der Waals surface area contributed by atoms with Gasteiger partial charge >= 0.3 is 33.5 Å². The number of hydrogen-bond donors (Lipinski definition) is 0. The first-order chi connectivity index (χ1) is 20.4. The van der Waals surface area contributed by atoms with Crippen LogP contribution in [0.5, 0.6) is 0 Å². The molecule has 0 radical (unpaired) electrons. The average Bonchev–Trinajstić information content (AvgIpc) is 2.99. The predicted octanol–water partition coefficient (Wildman–Crippen LogP) is 4.22. The first-order valence-corrected chi connectivity index (χ1v) is 13.8. The summed E-state index contributed by atoms with van der Waals surface area (Å²) in [6.07, 6.45) is -11.9. The highest BCUT2D eigenvalue weighted by Crippen LogP contribution is 2.34. The van der Waals surface area contributed by atoms with Gasteiger partial charge in [-0.3, -0.25) is 0 Å². The van der Waals surface area contributed by atoms with Gasteiger partial charge in [0.15, 0.2) is 18.4 Å². The van der Waals surface area contributed by atoms with Gasteiger partial charge in [0.2, 0.25) is 6.29 Å². The van der Waals surface area contributed by atoms with Crippen LogP contribution in [-0.2, 0) is 33.2 Å². The molecule has 0 bridgehead atoms. The molecule has 0 unspecified atom stereocenters. The van der Waals surface area contributed by atoms with E-state index in [0.717, 1.165) is 0 Å². The maximum atomic E-state index is 16.0. The minimum atomic E-state index is -6.44. The molecule has 1 aliphatic rings. The summed E-state index contributed by atoms with van der Waals surface area (Å²) < 4.78 is 105. The van der Waals surface area contributed by atoms with Crippen molar-refractivity contribution in [1.29, 1.82) is 0 Å². The van der Waals surface area contributed by atoms with E-state index in [2.05, 4.69) is 4.18 Å². The molecule has 3 aromatic carbocycles.